The molecule has 4 nitrogen and oxygen atoms in total. The summed E-state index contributed by atoms with van der Waals surface area (Å²) in [6.07, 6.45) is 0.734. The van der Waals surface area contributed by atoms with Crippen LogP contribution in [0.25, 0.3) is 10.9 Å². The molecule has 0 amide bonds. The Balaban J connectivity index is 1.93. The van der Waals surface area contributed by atoms with Gasteiger partial charge in [-0.2, -0.15) is 5.10 Å². The summed E-state index contributed by atoms with van der Waals surface area (Å²) < 4.78 is 7.53. The van der Waals surface area contributed by atoms with Gasteiger partial charge in [-0.25, -0.2) is 0 Å². The first-order valence-electron chi connectivity index (χ1n) is 6.48. The van der Waals surface area contributed by atoms with Crippen LogP contribution in [-0.2, 0) is 13.7 Å². The van der Waals surface area contributed by atoms with Gasteiger partial charge in [0.05, 0.1) is 16.1 Å². The molecular weight excluding hydrogens is 288 g/mol. The lowest BCUT2D eigenvalue weighted by Gasteiger charge is -2.08. The third kappa shape index (κ3) is 2.50. The molecule has 106 valence electrons. The highest BCUT2D eigenvalue weighted by Crippen LogP contribution is 2.29. The average molecular weight is 301 g/mol. The highest BCUT2D eigenvalue weighted by Gasteiger charge is 2.12. The van der Waals surface area contributed by atoms with Crippen molar-refractivity contribution in [3.8, 4) is 5.75 Å². The van der Waals surface area contributed by atoms with Crippen LogP contribution in [0.15, 0.2) is 42.5 Å². The van der Waals surface area contributed by atoms with Crippen LogP contribution in [0.5, 0.6) is 5.75 Å². The summed E-state index contributed by atoms with van der Waals surface area (Å²) in [7, 11) is 1.89. The molecule has 0 aliphatic heterocycles. The second kappa shape index (κ2) is 5.58. The second-order valence-corrected chi connectivity index (χ2v) is 5.06. The largest absolute Gasteiger partial charge is 0.485 e. The highest BCUT2D eigenvalue weighted by molar-refractivity contribution is 6.32. The molecule has 0 atom stereocenters. The van der Waals surface area contributed by atoms with Crippen molar-refractivity contribution >= 4 is 28.8 Å². The van der Waals surface area contributed by atoms with Gasteiger partial charge in [-0.3, -0.25) is 9.48 Å². The summed E-state index contributed by atoms with van der Waals surface area (Å²) in [5.41, 5.74) is 2.28. The molecule has 5 heteroatoms. The zero-order valence-corrected chi connectivity index (χ0v) is 12.2. The van der Waals surface area contributed by atoms with E-state index < -0.39 is 0 Å². The molecule has 0 bridgehead atoms. The summed E-state index contributed by atoms with van der Waals surface area (Å²) in [6.45, 7) is 0.256. The van der Waals surface area contributed by atoms with Gasteiger partial charge in [-0.05, 0) is 18.2 Å². The Morgan fingerprint density at radius 1 is 1.24 bits per heavy atom. The van der Waals surface area contributed by atoms with Crippen LogP contribution in [-0.4, -0.2) is 16.1 Å². The number of hydrogen-bond donors (Lipinski definition) is 0. The molecule has 0 N–H and O–H groups in total. The second-order valence-electron chi connectivity index (χ2n) is 4.65. The summed E-state index contributed by atoms with van der Waals surface area (Å²) in [5, 5.41) is 5.89. The van der Waals surface area contributed by atoms with Gasteiger partial charge in [0.15, 0.2) is 6.29 Å². The molecule has 0 aliphatic carbocycles. The van der Waals surface area contributed by atoms with E-state index in [4.69, 9.17) is 16.3 Å². The Kier molecular flexibility index (Phi) is 3.62. The fourth-order valence-electron chi connectivity index (χ4n) is 2.31. The zero-order chi connectivity index (χ0) is 14.8. The number of para-hydroxylation sites is 2. The Morgan fingerprint density at radius 2 is 2.05 bits per heavy atom. The number of benzene rings is 2. The number of nitrogens with zero attached hydrogens (tertiary/aromatic N) is 2. The van der Waals surface area contributed by atoms with Gasteiger partial charge in [-0.1, -0.05) is 35.9 Å². The molecule has 0 aliphatic rings. The quantitative estimate of drug-likeness (QED) is 0.691. The Labute approximate surface area is 126 Å². The molecule has 3 aromatic rings. The SMILES string of the molecule is Cn1nc(COc2c(Cl)cccc2C=O)c2ccccc21. The van der Waals surface area contributed by atoms with E-state index >= 15 is 0 Å². The maximum Gasteiger partial charge on any atom is 0.153 e. The lowest BCUT2D eigenvalue weighted by atomic mass is 10.2. The molecule has 1 aromatic heterocycles. The summed E-state index contributed by atoms with van der Waals surface area (Å²) in [5.74, 6) is 0.393. The van der Waals surface area contributed by atoms with Crippen molar-refractivity contribution in [3.05, 3.63) is 58.7 Å². The van der Waals surface area contributed by atoms with Crippen LogP contribution in [0.2, 0.25) is 5.02 Å². The van der Waals surface area contributed by atoms with Crippen LogP contribution in [0, 0.1) is 0 Å². The normalized spacial score (nSPS) is 10.8. The van der Waals surface area contributed by atoms with Gasteiger partial charge in [0.1, 0.15) is 18.1 Å². The topological polar surface area (TPSA) is 44.1 Å². The van der Waals surface area contributed by atoms with E-state index in [0.717, 1.165) is 22.9 Å². The average Bonchev–Trinajstić information content (AvgIpc) is 2.83. The number of aldehydes is 1. The Hall–Kier alpha value is -2.33. The van der Waals surface area contributed by atoms with Gasteiger partial charge >= 0.3 is 0 Å². The molecule has 3 rings (SSSR count). The first-order chi connectivity index (χ1) is 10.2. The van der Waals surface area contributed by atoms with E-state index in [1.54, 1.807) is 22.9 Å². The molecule has 0 fully saturated rings. The van der Waals surface area contributed by atoms with E-state index in [1.807, 2.05) is 31.3 Å². The molecule has 1 heterocycles. The highest BCUT2D eigenvalue weighted by atomic mass is 35.5. The molecule has 0 saturated carbocycles. The van der Waals surface area contributed by atoms with Crippen LogP contribution in [0.4, 0.5) is 0 Å². The van der Waals surface area contributed by atoms with Crippen LogP contribution in [0.3, 0.4) is 0 Å². The van der Waals surface area contributed by atoms with Gasteiger partial charge in [0.2, 0.25) is 0 Å². The van der Waals surface area contributed by atoms with E-state index in [2.05, 4.69) is 5.10 Å². The van der Waals surface area contributed by atoms with E-state index in [9.17, 15) is 4.79 Å². The molecular formula is C16H13ClN2O2. The van der Waals surface area contributed by atoms with Crippen LogP contribution >= 0.6 is 11.6 Å². The van der Waals surface area contributed by atoms with Crippen molar-refractivity contribution in [2.45, 2.75) is 6.61 Å². The predicted molar refractivity (Wildman–Crippen MR) is 81.9 cm³/mol. The summed E-state index contributed by atoms with van der Waals surface area (Å²) in [4.78, 5) is 11.0. The fourth-order valence-corrected chi connectivity index (χ4v) is 2.54. The Bertz CT molecular complexity index is 811. The van der Waals surface area contributed by atoms with Crippen LogP contribution in [0.1, 0.15) is 16.1 Å². The van der Waals surface area contributed by atoms with Crippen molar-refractivity contribution in [1.29, 1.82) is 0 Å². The van der Waals surface area contributed by atoms with Crippen molar-refractivity contribution in [2.75, 3.05) is 0 Å². The maximum absolute atomic E-state index is 11.0. The third-order valence-corrected chi connectivity index (χ3v) is 3.61. The summed E-state index contributed by atoms with van der Waals surface area (Å²) >= 11 is 6.09. The van der Waals surface area contributed by atoms with E-state index in [-0.39, 0.29) is 6.61 Å². The number of rotatable bonds is 4. The minimum absolute atomic E-state index is 0.256. The molecule has 0 spiro atoms. The number of ether oxygens (including phenoxy) is 1. The maximum atomic E-state index is 11.0. The van der Waals surface area contributed by atoms with Crippen molar-refractivity contribution < 1.29 is 9.53 Å². The van der Waals surface area contributed by atoms with Crippen molar-refractivity contribution in [2.24, 2.45) is 7.05 Å². The smallest absolute Gasteiger partial charge is 0.153 e. The molecule has 2 aromatic carbocycles. The Morgan fingerprint density at radius 3 is 2.86 bits per heavy atom. The number of hydrogen-bond acceptors (Lipinski definition) is 3. The van der Waals surface area contributed by atoms with Gasteiger partial charge < -0.3 is 4.74 Å². The van der Waals surface area contributed by atoms with Crippen molar-refractivity contribution in [1.82, 2.24) is 9.78 Å². The minimum atomic E-state index is 0.256. The lowest BCUT2D eigenvalue weighted by molar-refractivity contribution is 0.111. The number of aryl methyl sites for hydroxylation is 1. The number of aromatic nitrogens is 2. The van der Waals surface area contributed by atoms with E-state index in [0.29, 0.717) is 16.3 Å². The number of halogens is 1. The third-order valence-electron chi connectivity index (χ3n) is 3.31. The minimum Gasteiger partial charge on any atom is -0.485 e. The summed E-state index contributed by atoms with van der Waals surface area (Å²) in [6, 6.07) is 13.0. The van der Waals surface area contributed by atoms with Gasteiger partial charge in [0, 0.05) is 12.4 Å². The molecule has 21 heavy (non-hydrogen) atoms. The fraction of sp³-hybridized carbons (Fsp3) is 0.125. The van der Waals surface area contributed by atoms with Crippen LogP contribution < -0.4 is 4.74 Å². The molecule has 0 unspecified atom stereocenters. The predicted octanol–water partition coefficient (Wildman–Crippen LogP) is 3.62. The number of carbonyl (C=O) groups is 1. The number of fused-ring (bicyclic) bond motifs is 1. The first kappa shape index (κ1) is 13.6. The molecule has 0 radical (unpaired) electrons. The standard InChI is InChI=1S/C16H13ClN2O2/c1-19-15-8-3-2-6-12(15)14(18-19)10-21-16-11(9-20)5-4-7-13(16)17/h2-9H,10H2,1H3. The zero-order valence-electron chi connectivity index (χ0n) is 11.4. The van der Waals surface area contributed by atoms with Crippen molar-refractivity contribution in [3.63, 3.8) is 0 Å². The first-order valence-corrected chi connectivity index (χ1v) is 6.85. The monoisotopic (exact) mass is 300 g/mol. The van der Waals surface area contributed by atoms with E-state index in [1.165, 1.54) is 0 Å². The number of carbonyl (C=O) groups excluding carboxylic acids is 1. The lowest BCUT2D eigenvalue weighted by Crippen LogP contribution is -2.01. The molecule has 0 saturated heterocycles. The van der Waals surface area contributed by atoms with Gasteiger partial charge in [0.25, 0.3) is 0 Å². The van der Waals surface area contributed by atoms with Gasteiger partial charge in [-0.15, -0.1) is 0 Å².